The van der Waals surface area contributed by atoms with Crippen molar-refractivity contribution in [1.29, 1.82) is 0 Å². The van der Waals surface area contributed by atoms with Crippen LogP contribution in [0.3, 0.4) is 0 Å². The molecule has 1 amide bonds. The van der Waals surface area contributed by atoms with Gasteiger partial charge in [0.25, 0.3) is 5.91 Å². The quantitative estimate of drug-likeness (QED) is 0.350. The van der Waals surface area contributed by atoms with Crippen molar-refractivity contribution in [3.05, 3.63) is 77.6 Å². The second-order valence-corrected chi connectivity index (χ2v) is 7.16. The van der Waals surface area contributed by atoms with Crippen LogP contribution in [0.4, 0.5) is 14.6 Å². The van der Waals surface area contributed by atoms with Crippen molar-refractivity contribution in [2.24, 2.45) is 16.5 Å². The van der Waals surface area contributed by atoms with Crippen LogP contribution in [0.5, 0.6) is 0 Å². The summed E-state index contributed by atoms with van der Waals surface area (Å²) in [5.74, 6) is -2.62. The Morgan fingerprint density at radius 2 is 2.03 bits per heavy atom. The molecule has 33 heavy (non-hydrogen) atoms. The minimum Gasteiger partial charge on any atom is -0.396 e. The molecule has 0 bridgehead atoms. The molecule has 0 aliphatic carbocycles. The van der Waals surface area contributed by atoms with Gasteiger partial charge in [-0.05, 0) is 19.1 Å². The van der Waals surface area contributed by atoms with Gasteiger partial charge in [0, 0.05) is 11.6 Å². The fourth-order valence-corrected chi connectivity index (χ4v) is 2.53. The van der Waals surface area contributed by atoms with Crippen LogP contribution in [0.1, 0.15) is 24.0 Å². The molecule has 6 N–H and O–H groups in total. The van der Waals surface area contributed by atoms with Crippen molar-refractivity contribution < 1.29 is 23.2 Å². The second kappa shape index (κ2) is 9.96. The molecule has 12 heteroatoms. The largest absolute Gasteiger partial charge is 0.396 e. The van der Waals surface area contributed by atoms with Gasteiger partial charge in [-0.2, -0.15) is 0 Å². The molecule has 0 aliphatic heterocycles. The first-order valence-electron chi connectivity index (χ1n) is 9.62. The minimum absolute atomic E-state index is 0.00206. The van der Waals surface area contributed by atoms with Crippen LogP contribution in [-0.4, -0.2) is 44.0 Å². The van der Waals surface area contributed by atoms with E-state index in [0.717, 1.165) is 6.20 Å². The number of allylic oxidation sites excluding steroid dienone is 1. The van der Waals surface area contributed by atoms with E-state index in [0.29, 0.717) is 11.3 Å². The standard InChI is InChI=1S/C21H21F2N7O3/c1-21(32,20(25)31)11-28-18-14(23)10-27-19(29-18)15(24)8-17(16-6-7-33-30-16)26-9-12-4-2-3-5-13(12)22/h2-8,10,32H,9,11,24H2,1H3,(H2,25,31)(H,27,28,29). The number of aliphatic imine (C=N–C) groups is 1. The number of hydrogen-bond acceptors (Lipinski definition) is 9. The Morgan fingerprint density at radius 1 is 1.27 bits per heavy atom. The monoisotopic (exact) mass is 457 g/mol. The molecule has 0 spiro atoms. The average molecular weight is 457 g/mol. The number of rotatable bonds is 9. The molecular weight excluding hydrogens is 436 g/mol. The molecule has 0 radical (unpaired) electrons. The highest BCUT2D eigenvalue weighted by Crippen LogP contribution is 2.16. The number of primary amides is 1. The maximum atomic E-state index is 14.1. The summed E-state index contributed by atoms with van der Waals surface area (Å²) < 4.78 is 32.9. The molecule has 0 saturated heterocycles. The van der Waals surface area contributed by atoms with E-state index in [1.165, 1.54) is 31.4 Å². The Labute approximate surface area is 187 Å². The fourth-order valence-electron chi connectivity index (χ4n) is 2.53. The minimum atomic E-state index is -1.93. The smallest absolute Gasteiger partial charge is 0.250 e. The number of nitrogens with zero attached hydrogens (tertiary/aromatic N) is 4. The van der Waals surface area contributed by atoms with Crippen molar-refractivity contribution in [3.8, 4) is 0 Å². The average Bonchev–Trinajstić information content (AvgIpc) is 3.31. The summed E-state index contributed by atoms with van der Waals surface area (Å²) in [6, 6.07) is 7.70. The third kappa shape index (κ3) is 5.95. The normalized spacial score (nSPS) is 14.1. The Morgan fingerprint density at radius 3 is 2.70 bits per heavy atom. The number of carbonyl (C=O) groups is 1. The van der Waals surface area contributed by atoms with Gasteiger partial charge in [0.15, 0.2) is 23.1 Å². The lowest BCUT2D eigenvalue weighted by Gasteiger charge is -2.20. The van der Waals surface area contributed by atoms with Crippen LogP contribution in [0, 0.1) is 11.6 Å². The second-order valence-electron chi connectivity index (χ2n) is 7.16. The molecule has 0 aliphatic rings. The number of aliphatic hydroxyl groups is 1. The van der Waals surface area contributed by atoms with Crippen molar-refractivity contribution in [1.82, 2.24) is 15.1 Å². The van der Waals surface area contributed by atoms with Gasteiger partial charge < -0.3 is 26.4 Å². The van der Waals surface area contributed by atoms with Gasteiger partial charge in [0.05, 0.1) is 30.7 Å². The maximum absolute atomic E-state index is 14.1. The van der Waals surface area contributed by atoms with E-state index < -0.39 is 29.7 Å². The number of amides is 1. The highest BCUT2D eigenvalue weighted by molar-refractivity contribution is 6.10. The zero-order valence-corrected chi connectivity index (χ0v) is 17.5. The van der Waals surface area contributed by atoms with Crippen LogP contribution in [-0.2, 0) is 11.3 Å². The van der Waals surface area contributed by atoms with Crippen LogP contribution in [0.2, 0.25) is 0 Å². The van der Waals surface area contributed by atoms with Crippen molar-refractivity contribution in [2.75, 3.05) is 11.9 Å². The molecular formula is C21H21F2N7O3. The lowest BCUT2D eigenvalue weighted by atomic mass is 10.1. The van der Waals surface area contributed by atoms with Gasteiger partial charge in [-0.3, -0.25) is 9.79 Å². The summed E-state index contributed by atoms with van der Waals surface area (Å²) in [5, 5.41) is 16.2. The van der Waals surface area contributed by atoms with Crippen LogP contribution in [0.15, 0.2) is 58.4 Å². The number of benzene rings is 1. The van der Waals surface area contributed by atoms with Crippen molar-refractivity contribution in [2.45, 2.75) is 19.1 Å². The van der Waals surface area contributed by atoms with Gasteiger partial charge in [0.2, 0.25) is 0 Å². The number of carbonyl (C=O) groups excluding carboxylic acids is 1. The molecule has 2 heterocycles. The van der Waals surface area contributed by atoms with E-state index in [2.05, 4.69) is 25.4 Å². The van der Waals surface area contributed by atoms with Crippen LogP contribution < -0.4 is 16.8 Å². The Bertz CT molecular complexity index is 1190. The van der Waals surface area contributed by atoms with Crippen molar-refractivity contribution in [3.63, 3.8) is 0 Å². The summed E-state index contributed by atoms with van der Waals surface area (Å²) >= 11 is 0. The molecule has 3 rings (SSSR count). The molecule has 0 fully saturated rings. The Kier molecular flexibility index (Phi) is 7.08. The summed E-state index contributed by atoms with van der Waals surface area (Å²) in [6.45, 7) is 0.776. The molecule has 10 nitrogen and oxygen atoms in total. The highest BCUT2D eigenvalue weighted by atomic mass is 19.1. The predicted molar refractivity (Wildman–Crippen MR) is 116 cm³/mol. The maximum Gasteiger partial charge on any atom is 0.250 e. The number of anilines is 1. The fraction of sp³-hybridized carbons (Fsp3) is 0.190. The topological polar surface area (TPSA) is 166 Å². The molecule has 0 saturated carbocycles. The van der Waals surface area contributed by atoms with E-state index in [-0.39, 0.29) is 29.6 Å². The zero-order valence-electron chi connectivity index (χ0n) is 17.5. The number of nitrogens with two attached hydrogens (primary N) is 2. The zero-order chi connectivity index (χ0) is 24.0. The first-order chi connectivity index (χ1) is 15.7. The SMILES string of the molecule is CC(O)(CNc1nc(C(N)=CC(=NCc2ccccc2F)c2ccon2)ncc1F)C(N)=O. The van der Waals surface area contributed by atoms with Gasteiger partial charge >= 0.3 is 0 Å². The van der Waals surface area contributed by atoms with E-state index in [4.69, 9.17) is 16.0 Å². The number of nitrogens with one attached hydrogen (secondary N) is 1. The third-order valence-corrected chi connectivity index (χ3v) is 4.50. The molecule has 1 unspecified atom stereocenters. The van der Waals surface area contributed by atoms with Gasteiger partial charge in [-0.1, -0.05) is 23.4 Å². The van der Waals surface area contributed by atoms with Gasteiger partial charge in [0.1, 0.15) is 17.8 Å². The summed E-state index contributed by atoms with van der Waals surface area (Å²) in [4.78, 5) is 23.4. The van der Waals surface area contributed by atoms with Crippen molar-refractivity contribution >= 4 is 23.1 Å². The van der Waals surface area contributed by atoms with Crippen LogP contribution in [0.25, 0.3) is 5.70 Å². The van der Waals surface area contributed by atoms with E-state index in [9.17, 15) is 18.7 Å². The lowest BCUT2D eigenvalue weighted by molar-refractivity contribution is -0.133. The molecule has 1 aromatic carbocycles. The van der Waals surface area contributed by atoms with E-state index >= 15 is 0 Å². The molecule has 1 atom stereocenters. The first-order valence-corrected chi connectivity index (χ1v) is 9.62. The summed E-state index contributed by atoms with van der Waals surface area (Å²) in [5.41, 5.74) is 10.2. The molecule has 2 aromatic heterocycles. The van der Waals surface area contributed by atoms with Gasteiger partial charge in [-0.25, -0.2) is 18.7 Å². The van der Waals surface area contributed by atoms with Gasteiger partial charge in [-0.15, -0.1) is 0 Å². The third-order valence-electron chi connectivity index (χ3n) is 4.50. The number of aromatic nitrogens is 3. The Balaban J connectivity index is 1.89. The molecule has 172 valence electrons. The lowest BCUT2D eigenvalue weighted by Crippen LogP contribution is -2.46. The number of halogens is 2. The number of hydrogen-bond donors (Lipinski definition) is 4. The highest BCUT2D eigenvalue weighted by Gasteiger charge is 2.28. The van der Waals surface area contributed by atoms with E-state index in [1.54, 1.807) is 18.2 Å². The first kappa shape index (κ1) is 23.5. The predicted octanol–water partition coefficient (Wildman–Crippen LogP) is 1.38. The Hall–Kier alpha value is -4.19. The molecule has 3 aromatic rings. The van der Waals surface area contributed by atoms with Crippen LogP contribution >= 0.6 is 0 Å². The summed E-state index contributed by atoms with van der Waals surface area (Å²) in [6.07, 6.45) is 3.59. The van der Waals surface area contributed by atoms with E-state index in [1.807, 2.05) is 0 Å². The summed E-state index contributed by atoms with van der Waals surface area (Å²) in [7, 11) is 0.